The first-order valence-corrected chi connectivity index (χ1v) is 7.88. The monoisotopic (exact) mass is 315 g/mol. The summed E-state index contributed by atoms with van der Waals surface area (Å²) in [6, 6.07) is 4.00. The second-order valence-corrected chi connectivity index (χ2v) is 6.55. The Kier molecular flexibility index (Phi) is 6.13. The minimum absolute atomic E-state index is 0.0121. The number of nitrogens with two attached hydrogens (primary N) is 1. The third-order valence-corrected chi connectivity index (χ3v) is 4.28. The molecule has 0 saturated carbocycles. The summed E-state index contributed by atoms with van der Waals surface area (Å²) in [7, 11) is 1.54. The zero-order valence-electron chi connectivity index (χ0n) is 12.4. The Morgan fingerprint density at radius 1 is 1.38 bits per heavy atom. The molecule has 1 rings (SSSR count). The number of sulfonamides is 1. The number of methoxy groups -OCH3 is 1. The Hall–Kier alpha value is -1.64. The van der Waals surface area contributed by atoms with Crippen molar-refractivity contribution in [2.45, 2.75) is 11.3 Å². The first-order valence-electron chi connectivity index (χ1n) is 6.40. The fraction of sp³-hybridized carbons (Fsp3) is 0.462. The van der Waals surface area contributed by atoms with E-state index in [0.717, 1.165) is 6.54 Å². The largest absolute Gasteiger partial charge is 0.496 e. The van der Waals surface area contributed by atoms with Crippen molar-refractivity contribution in [3.8, 4) is 5.75 Å². The van der Waals surface area contributed by atoms with Gasteiger partial charge in [-0.2, -0.15) is 0 Å². The normalized spacial score (nSPS) is 11.6. The van der Waals surface area contributed by atoms with Gasteiger partial charge in [-0.25, -0.2) is 13.1 Å². The molecule has 0 saturated heterocycles. The van der Waals surface area contributed by atoms with Crippen molar-refractivity contribution in [3.63, 3.8) is 0 Å². The van der Waals surface area contributed by atoms with E-state index in [2.05, 4.69) is 4.72 Å². The third-order valence-electron chi connectivity index (χ3n) is 2.82. The van der Waals surface area contributed by atoms with Gasteiger partial charge in [0.2, 0.25) is 10.0 Å². The highest BCUT2D eigenvalue weighted by molar-refractivity contribution is 7.89. The van der Waals surface area contributed by atoms with E-state index in [-0.39, 0.29) is 16.2 Å². The lowest BCUT2D eigenvalue weighted by molar-refractivity contribution is 0.0997. The molecule has 8 heteroatoms. The molecule has 3 N–H and O–H groups in total. The molecule has 21 heavy (non-hydrogen) atoms. The number of benzene rings is 1. The molecule has 0 spiro atoms. The van der Waals surface area contributed by atoms with Crippen molar-refractivity contribution >= 4 is 15.9 Å². The number of carbonyl (C=O) groups is 1. The van der Waals surface area contributed by atoms with E-state index in [0.29, 0.717) is 13.0 Å². The van der Waals surface area contributed by atoms with Gasteiger partial charge in [-0.15, -0.1) is 0 Å². The zero-order valence-corrected chi connectivity index (χ0v) is 13.2. The topological polar surface area (TPSA) is 102 Å². The summed E-state index contributed by atoms with van der Waals surface area (Å²) in [5.74, 6) is -0.495. The maximum atomic E-state index is 12.1. The van der Waals surface area contributed by atoms with Crippen LogP contribution in [-0.4, -0.2) is 53.5 Å². The number of amides is 1. The minimum atomic E-state index is -3.67. The molecule has 1 amide bonds. The van der Waals surface area contributed by atoms with Crippen LogP contribution in [0.4, 0.5) is 0 Å². The number of carbonyl (C=O) groups excluding carboxylic acids is 1. The molecule has 118 valence electrons. The Morgan fingerprint density at radius 3 is 2.57 bits per heavy atom. The summed E-state index contributed by atoms with van der Waals surface area (Å²) in [6.07, 6.45) is 0.686. The fourth-order valence-corrected chi connectivity index (χ4v) is 2.83. The van der Waals surface area contributed by atoms with Crippen LogP contribution in [0.25, 0.3) is 0 Å². The number of hydrogen-bond donors (Lipinski definition) is 2. The molecule has 0 aliphatic heterocycles. The van der Waals surface area contributed by atoms with Gasteiger partial charge in [0.25, 0.3) is 5.91 Å². The van der Waals surface area contributed by atoms with E-state index in [1.807, 2.05) is 19.0 Å². The lowest BCUT2D eigenvalue weighted by Gasteiger charge is -2.12. The van der Waals surface area contributed by atoms with Crippen molar-refractivity contribution in [1.82, 2.24) is 9.62 Å². The average Bonchev–Trinajstić information content (AvgIpc) is 2.42. The SMILES string of the molecule is COc1ccc(S(=O)(=O)NCCCN(C)C)cc1C(N)=O. The maximum absolute atomic E-state index is 12.1. The Morgan fingerprint density at radius 2 is 2.05 bits per heavy atom. The summed E-state index contributed by atoms with van der Waals surface area (Å²) in [4.78, 5) is 13.3. The zero-order chi connectivity index (χ0) is 16.0. The number of nitrogens with zero attached hydrogens (tertiary/aromatic N) is 1. The van der Waals surface area contributed by atoms with Crippen molar-refractivity contribution in [1.29, 1.82) is 0 Å². The molecule has 0 aliphatic carbocycles. The first kappa shape index (κ1) is 17.4. The van der Waals surface area contributed by atoms with Crippen molar-refractivity contribution in [2.75, 3.05) is 34.3 Å². The highest BCUT2D eigenvalue weighted by atomic mass is 32.2. The van der Waals surface area contributed by atoms with Gasteiger partial charge in [0, 0.05) is 6.54 Å². The summed E-state index contributed by atoms with van der Waals surface area (Å²) >= 11 is 0. The van der Waals surface area contributed by atoms with Gasteiger partial charge in [-0.1, -0.05) is 0 Å². The number of ether oxygens (including phenoxy) is 1. The molecule has 0 unspecified atom stereocenters. The van der Waals surface area contributed by atoms with Gasteiger partial charge in [0.15, 0.2) is 0 Å². The molecule has 0 aliphatic rings. The van der Waals surface area contributed by atoms with Gasteiger partial charge in [0.1, 0.15) is 5.75 Å². The fourth-order valence-electron chi connectivity index (χ4n) is 1.73. The molecule has 1 aromatic rings. The summed E-state index contributed by atoms with van der Waals surface area (Å²) in [5, 5.41) is 0. The van der Waals surface area contributed by atoms with E-state index in [9.17, 15) is 13.2 Å². The summed E-state index contributed by atoms with van der Waals surface area (Å²) in [6.45, 7) is 1.09. The molecule has 0 fully saturated rings. The van der Waals surface area contributed by atoms with Crippen LogP contribution < -0.4 is 15.2 Å². The molecule has 0 atom stereocenters. The van der Waals surface area contributed by atoms with Gasteiger partial charge >= 0.3 is 0 Å². The maximum Gasteiger partial charge on any atom is 0.252 e. The highest BCUT2D eigenvalue weighted by Crippen LogP contribution is 2.21. The van der Waals surface area contributed by atoms with Crippen LogP contribution in [0.5, 0.6) is 5.75 Å². The van der Waals surface area contributed by atoms with Gasteiger partial charge in [-0.05, 0) is 45.3 Å². The average molecular weight is 315 g/mol. The molecule has 0 aromatic heterocycles. The van der Waals surface area contributed by atoms with E-state index in [1.165, 1.54) is 25.3 Å². The van der Waals surface area contributed by atoms with Crippen molar-refractivity contribution in [3.05, 3.63) is 23.8 Å². The quantitative estimate of drug-likeness (QED) is 0.659. The number of nitrogens with one attached hydrogen (secondary N) is 1. The van der Waals surface area contributed by atoms with Crippen molar-refractivity contribution < 1.29 is 17.9 Å². The Labute approximate surface area is 125 Å². The number of primary amides is 1. The van der Waals surface area contributed by atoms with Gasteiger partial charge < -0.3 is 15.4 Å². The lowest BCUT2D eigenvalue weighted by Crippen LogP contribution is -2.27. The van der Waals surface area contributed by atoms with E-state index >= 15 is 0 Å². The highest BCUT2D eigenvalue weighted by Gasteiger charge is 2.18. The summed E-state index contributed by atoms with van der Waals surface area (Å²) < 4.78 is 31.7. The standard InChI is InChI=1S/C13H21N3O4S/c1-16(2)8-4-7-15-21(18,19)10-5-6-12(20-3)11(9-10)13(14)17/h5-6,9,15H,4,7-8H2,1-3H3,(H2,14,17). The predicted molar refractivity (Wildman–Crippen MR) is 79.9 cm³/mol. The minimum Gasteiger partial charge on any atom is -0.496 e. The van der Waals surface area contributed by atoms with E-state index < -0.39 is 15.9 Å². The Balaban J connectivity index is 2.88. The van der Waals surface area contributed by atoms with Crippen LogP contribution in [0.1, 0.15) is 16.8 Å². The molecular formula is C13H21N3O4S. The second-order valence-electron chi connectivity index (χ2n) is 4.78. The molecule has 1 aromatic carbocycles. The molecule has 0 bridgehead atoms. The van der Waals surface area contributed by atoms with Crippen LogP contribution >= 0.6 is 0 Å². The lowest BCUT2D eigenvalue weighted by atomic mass is 10.2. The van der Waals surface area contributed by atoms with Gasteiger partial charge in [-0.3, -0.25) is 4.79 Å². The number of hydrogen-bond acceptors (Lipinski definition) is 5. The van der Waals surface area contributed by atoms with Gasteiger partial charge in [0.05, 0.1) is 17.6 Å². The second kappa shape index (κ2) is 7.39. The smallest absolute Gasteiger partial charge is 0.252 e. The molecular weight excluding hydrogens is 294 g/mol. The Bertz CT molecular complexity index is 599. The van der Waals surface area contributed by atoms with E-state index in [1.54, 1.807) is 0 Å². The van der Waals surface area contributed by atoms with Crippen LogP contribution in [-0.2, 0) is 10.0 Å². The third kappa shape index (κ3) is 5.00. The molecule has 0 heterocycles. The predicted octanol–water partition coefficient (Wildman–Crippen LogP) is 0.0241. The van der Waals surface area contributed by atoms with Crippen LogP contribution in [0.15, 0.2) is 23.1 Å². The van der Waals surface area contributed by atoms with Crippen molar-refractivity contribution in [2.24, 2.45) is 5.73 Å². The number of rotatable bonds is 8. The van der Waals surface area contributed by atoms with E-state index in [4.69, 9.17) is 10.5 Å². The molecule has 0 radical (unpaired) electrons. The first-order chi connectivity index (χ1) is 9.77. The molecule has 7 nitrogen and oxygen atoms in total. The van der Waals surface area contributed by atoms with Crippen LogP contribution in [0, 0.1) is 0 Å². The summed E-state index contributed by atoms with van der Waals surface area (Å²) in [5.41, 5.74) is 5.25. The van der Waals surface area contributed by atoms with Crippen LogP contribution in [0.2, 0.25) is 0 Å². The van der Waals surface area contributed by atoms with Crippen LogP contribution in [0.3, 0.4) is 0 Å².